The number of benzene rings is 1. The lowest BCUT2D eigenvalue weighted by Crippen LogP contribution is -2.22. The molecule has 1 N–H and O–H groups in total. The largest absolute Gasteiger partial charge is 0.443 e. The number of hydrogen-bond acceptors (Lipinski definition) is 4. The molecule has 0 unspecified atom stereocenters. The van der Waals surface area contributed by atoms with Crippen LogP contribution in [0.1, 0.15) is 16.1 Å². The SMILES string of the molecule is O=C(NCc1coc(-c2cccs2)n1)c1ccc(Cl)cc1. The third-order valence-electron chi connectivity index (χ3n) is 2.82. The fraction of sp³-hybridized carbons (Fsp3) is 0.0667. The Kier molecular flexibility index (Phi) is 4.03. The van der Waals surface area contributed by atoms with Gasteiger partial charge in [-0.05, 0) is 35.7 Å². The van der Waals surface area contributed by atoms with Gasteiger partial charge in [-0.1, -0.05) is 17.7 Å². The maximum atomic E-state index is 12.0. The van der Waals surface area contributed by atoms with Crippen LogP contribution in [-0.2, 0) is 6.54 Å². The average Bonchev–Trinajstić information content (AvgIpc) is 3.16. The van der Waals surface area contributed by atoms with E-state index in [1.54, 1.807) is 41.9 Å². The summed E-state index contributed by atoms with van der Waals surface area (Å²) in [6.07, 6.45) is 1.55. The van der Waals surface area contributed by atoms with E-state index in [-0.39, 0.29) is 5.91 Å². The Hall–Kier alpha value is -2.11. The second-order valence-electron chi connectivity index (χ2n) is 4.31. The van der Waals surface area contributed by atoms with Gasteiger partial charge in [-0.2, -0.15) is 0 Å². The zero-order chi connectivity index (χ0) is 14.7. The summed E-state index contributed by atoms with van der Waals surface area (Å²) in [5, 5.41) is 5.35. The van der Waals surface area contributed by atoms with Crippen molar-refractivity contribution in [3.05, 3.63) is 64.3 Å². The Bertz CT molecular complexity index is 735. The van der Waals surface area contributed by atoms with Crippen LogP contribution in [0.15, 0.2) is 52.5 Å². The van der Waals surface area contributed by atoms with Gasteiger partial charge in [-0.15, -0.1) is 11.3 Å². The summed E-state index contributed by atoms with van der Waals surface area (Å²) < 4.78 is 5.39. The summed E-state index contributed by atoms with van der Waals surface area (Å²) in [7, 11) is 0. The molecule has 0 spiro atoms. The number of carbonyl (C=O) groups excluding carboxylic acids is 1. The summed E-state index contributed by atoms with van der Waals surface area (Å²) >= 11 is 7.34. The molecule has 0 aliphatic carbocycles. The quantitative estimate of drug-likeness (QED) is 0.791. The molecular weight excluding hydrogens is 308 g/mol. The first-order valence-corrected chi connectivity index (χ1v) is 7.50. The molecule has 0 fully saturated rings. The molecule has 0 atom stereocenters. The number of hydrogen-bond donors (Lipinski definition) is 1. The van der Waals surface area contributed by atoms with Gasteiger partial charge in [0.15, 0.2) is 0 Å². The van der Waals surface area contributed by atoms with E-state index < -0.39 is 0 Å². The van der Waals surface area contributed by atoms with Crippen molar-refractivity contribution in [1.29, 1.82) is 0 Å². The first kappa shape index (κ1) is 13.9. The standard InChI is InChI=1S/C15H11ClN2O2S/c16-11-5-3-10(4-6-11)14(19)17-8-12-9-20-15(18-12)13-2-1-7-21-13/h1-7,9H,8H2,(H,17,19). The molecule has 0 aliphatic heterocycles. The maximum absolute atomic E-state index is 12.0. The third-order valence-corrected chi connectivity index (χ3v) is 3.93. The minimum atomic E-state index is -0.174. The van der Waals surface area contributed by atoms with Crippen LogP contribution < -0.4 is 5.32 Å². The van der Waals surface area contributed by atoms with Crippen LogP contribution in [0.5, 0.6) is 0 Å². The normalized spacial score (nSPS) is 10.5. The van der Waals surface area contributed by atoms with E-state index >= 15 is 0 Å². The van der Waals surface area contributed by atoms with Crippen LogP contribution >= 0.6 is 22.9 Å². The summed E-state index contributed by atoms with van der Waals surface area (Å²) in [5.74, 6) is 0.396. The van der Waals surface area contributed by atoms with Crippen molar-refractivity contribution in [3.8, 4) is 10.8 Å². The summed E-state index contributed by atoms with van der Waals surface area (Å²) in [5.41, 5.74) is 1.24. The number of nitrogens with one attached hydrogen (secondary N) is 1. The van der Waals surface area contributed by atoms with Crippen molar-refractivity contribution in [2.24, 2.45) is 0 Å². The van der Waals surface area contributed by atoms with Gasteiger partial charge in [0.1, 0.15) is 6.26 Å². The maximum Gasteiger partial charge on any atom is 0.251 e. The Morgan fingerprint density at radius 1 is 1.29 bits per heavy atom. The third kappa shape index (κ3) is 3.32. The molecule has 21 heavy (non-hydrogen) atoms. The number of carbonyl (C=O) groups is 1. The Labute approximate surface area is 130 Å². The zero-order valence-corrected chi connectivity index (χ0v) is 12.4. The topological polar surface area (TPSA) is 55.1 Å². The molecule has 3 rings (SSSR count). The number of oxazole rings is 1. The second-order valence-corrected chi connectivity index (χ2v) is 5.69. The number of halogens is 1. The smallest absolute Gasteiger partial charge is 0.251 e. The molecule has 0 aliphatic rings. The number of aromatic nitrogens is 1. The number of amides is 1. The Morgan fingerprint density at radius 2 is 2.10 bits per heavy atom. The zero-order valence-electron chi connectivity index (χ0n) is 10.9. The lowest BCUT2D eigenvalue weighted by atomic mass is 10.2. The molecule has 0 saturated carbocycles. The minimum Gasteiger partial charge on any atom is -0.443 e. The van der Waals surface area contributed by atoms with Crippen molar-refractivity contribution >= 4 is 28.8 Å². The predicted molar refractivity (Wildman–Crippen MR) is 82.4 cm³/mol. The molecule has 2 aromatic heterocycles. The van der Waals surface area contributed by atoms with Gasteiger partial charge in [0.05, 0.1) is 17.1 Å². The van der Waals surface area contributed by atoms with Gasteiger partial charge in [0.2, 0.25) is 5.89 Å². The van der Waals surface area contributed by atoms with Gasteiger partial charge in [0.25, 0.3) is 5.91 Å². The Balaban J connectivity index is 1.62. The molecular formula is C15H11ClN2O2S. The number of thiophene rings is 1. The fourth-order valence-corrected chi connectivity index (χ4v) is 2.56. The van der Waals surface area contributed by atoms with Crippen molar-refractivity contribution in [2.75, 3.05) is 0 Å². The van der Waals surface area contributed by atoms with Gasteiger partial charge < -0.3 is 9.73 Å². The van der Waals surface area contributed by atoms with Crippen LogP contribution in [0.4, 0.5) is 0 Å². The van der Waals surface area contributed by atoms with Crippen molar-refractivity contribution < 1.29 is 9.21 Å². The molecule has 1 amide bonds. The lowest BCUT2D eigenvalue weighted by molar-refractivity contribution is 0.0950. The molecule has 1 aromatic carbocycles. The van der Waals surface area contributed by atoms with E-state index in [4.69, 9.17) is 16.0 Å². The molecule has 0 saturated heterocycles. The van der Waals surface area contributed by atoms with Crippen LogP contribution in [-0.4, -0.2) is 10.9 Å². The van der Waals surface area contributed by atoms with Crippen LogP contribution in [0.3, 0.4) is 0 Å². The van der Waals surface area contributed by atoms with Crippen molar-refractivity contribution in [2.45, 2.75) is 6.54 Å². The fourth-order valence-electron chi connectivity index (χ4n) is 1.78. The van der Waals surface area contributed by atoms with E-state index in [9.17, 15) is 4.79 Å². The van der Waals surface area contributed by atoms with Crippen molar-refractivity contribution in [3.63, 3.8) is 0 Å². The van der Waals surface area contributed by atoms with Gasteiger partial charge in [0, 0.05) is 10.6 Å². The predicted octanol–water partition coefficient (Wildman–Crippen LogP) is 3.99. The van der Waals surface area contributed by atoms with E-state index in [1.807, 2.05) is 17.5 Å². The summed E-state index contributed by atoms with van der Waals surface area (Å²) in [6, 6.07) is 10.6. The summed E-state index contributed by atoms with van der Waals surface area (Å²) in [4.78, 5) is 17.3. The monoisotopic (exact) mass is 318 g/mol. The molecule has 2 heterocycles. The molecule has 6 heteroatoms. The highest BCUT2D eigenvalue weighted by atomic mass is 35.5. The first-order valence-electron chi connectivity index (χ1n) is 6.24. The average molecular weight is 319 g/mol. The highest BCUT2D eigenvalue weighted by molar-refractivity contribution is 7.13. The molecule has 0 radical (unpaired) electrons. The molecule has 106 valence electrons. The van der Waals surface area contributed by atoms with Gasteiger partial charge in [-0.3, -0.25) is 4.79 Å². The van der Waals surface area contributed by atoms with E-state index in [0.717, 1.165) is 4.88 Å². The first-order chi connectivity index (χ1) is 10.2. The molecule has 0 bridgehead atoms. The summed E-state index contributed by atoms with van der Waals surface area (Å²) in [6.45, 7) is 0.316. The molecule has 3 aromatic rings. The Morgan fingerprint density at radius 3 is 2.81 bits per heavy atom. The van der Waals surface area contributed by atoms with E-state index in [0.29, 0.717) is 28.7 Å². The van der Waals surface area contributed by atoms with E-state index in [1.165, 1.54) is 0 Å². The van der Waals surface area contributed by atoms with Crippen LogP contribution in [0, 0.1) is 0 Å². The van der Waals surface area contributed by atoms with E-state index in [2.05, 4.69) is 10.3 Å². The number of nitrogens with zero attached hydrogens (tertiary/aromatic N) is 1. The minimum absolute atomic E-state index is 0.174. The van der Waals surface area contributed by atoms with Gasteiger partial charge in [-0.25, -0.2) is 4.98 Å². The second kappa shape index (κ2) is 6.11. The van der Waals surface area contributed by atoms with Crippen LogP contribution in [0.2, 0.25) is 5.02 Å². The molecule has 4 nitrogen and oxygen atoms in total. The highest BCUT2D eigenvalue weighted by Crippen LogP contribution is 2.23. The number of rotatable bonds is 4. The van der Waals surface area contributed by atoms with Crippen LogP contribution in [0.25, 0.3) is 10.8 Å². The lowest BCUT2D eigenvalue weighted by Gasteiger charge is -2.02. The van der Waals surface area contributed by atoms with Gasteiger partial charge >= 0.3 is 0 Å². The van der Waals surface area contributed by atoms with Crippen molar-refractivity contribution in [1.82, 2.24) is 10.3 Å². The highest BCUT2D eigenvalue weighted by Gasteiger charge is 2.09.